The van der Waals surface area contributed by atoms with Gasteiger partial charge in [0.05, 0.1) is 0 Å². The highest BCUT2D eigenvalue weighted by Gasteiger charge is 2.26. The molecule has 1 atom stereocenters. The number of piperidine rings is 1. The Kier molecular flexibility index (Phi) is 1.75. The molecule has 1 aliphatic rings. The summed E-state index contributed by atoms with van der Waals surface area (Å²) in [7, 11) is 0. The van der Waals surface area contributed by atoms with Gasteiger partial charge in [0.25, 0.3) is 0 Å². The van der Waals surface area contributed by atoms with Crippen LogP contribution in [0.4, 0.5) is 4.39 Å². The fourth-order valence-electron chi connectivity index (χ4n) is 1.31. The zero-order chi connectivity index (χ0) is 6.91. The molecule has 2 heteroatoms. The lowest BCUT2D eigenvalue weighted by atomic mass is 9.84. The molecule has 1 fully saturated rings. The highest BCUT2D eigenvalue weighted by atomic mass is 19.1. The molecular formula is C7H14FN. The highest BCUT2D eigenvalue weighted by molar-refractivity contribution is 4.81. The lowest BCUT2D eigenvalue weighted by Crippen LogP contribution is -2.42. The largest absolute Gasteiger partial charge is 0.313 e. The second kappa shape index (κ2) is 2.25. The van der Waals surface area contributed by atoms with Gasteiger partial charge in [-0.3, -0.25) is 0 Å². The van der Waals surface area contributed by atoms with Crippen LogP contribution in [0.2, 0.25) is 0 Å². The fraction of sp³-hybridized carbons (Fsp3) is 1.00. The quantitative estimate of drug-likeness (QED) is 0.523. The van der Waals surface area contributed by atoms with Crippen molar-refractivity contribution in [2.24, 2.45) is 5.41 Å². The van der Waals surface area contributed by atoms with Gasteiger partial charge in [0.15, 0.2) is 0 Å². The van der Waals surface area contributed by atoms with Crippen LogP contribution in [0.15, 0.2) is 0 Å². The second-order valence-corrected chi connectivity index (χ2v) is 3.60. The molecule has 0 bridgehead atoms. The van der Waals surface area contributed by atoms with E-state index in [0.29, 0.717) is 13.0 Å². The molecule has 0 aromatic carbocycles. The zero-order valence-corrected chi connectivity index (χ0v) is 6.08. The SMILES string of the molecule is CC1(C)CNC[C@H](F)C1. The Morgan fingerprint density at radius 3 is 2.56 bits per heavy atom. The molecule has 0 spiro atoms. The predicted molar refractivity (Wildman–Crippen MR) is 36.2 cm³/mol. The van der Waals surface area contributed by atoms with Crippen molar-refractivity contribution < 1.29 is 4.39 Å². The minimum atomic E-state index is -0.631. The van der Waals surface area contributed by atoms with Gasteiger partial charge in [0.1, 0.15) is 6.17 Å². The van der Waals surface area contributed by atoms with Crippen molar-refractivity contribution >= 4 is 0 Å². The zero-order valence-electron chi connectivity index (χ0n) is 6.08. The van der Waals surface area contributed by atoms with Crippen LogP contribution in [0.25, 0.3) is 0 Å². The molecule has 1 rings (SSSR count). The summed E-state index contributed by atoms with van der Waals surface area (Å²) in [5, 5.41) is 3.05. The Morgan fingerprint density at radius 1 is 1.56 bits per heavy atom. The molecule has 1 aliphatic heterocycles. The number of rotatable bonds is 0. The van der Waals surface area contributed by atoms with Crippen LogP contribution in [-0.4, -0.2) is 19.3 Å². The van der Waals surface area contributed by atoms with E-state index in [9.17, 15) is 4.39 Å². The molecule has 0 aliphatic carbocycles. The second-order valence-electron chi connectivity index (χ2n) is 3.60. The van der Waals surface area contributed by atoms with E-state index in [1.165, 1.54) is 0 Å². The molecule has 54 valence electrons. The van der Waals surface area contributed by atoms with Crippen LogP contribution in [0, 0.1) is 5.41 Å². The topological polar surface area (TPSA) is 12.0 Å². The van der Waals surface area contributed by atoms with Crippen LogP contribution in [-0.2, 0) is 0 Å². The summed E-state index contributed by atoms with van der Waals surface area (Å²) >= 11 is 0. The average Bonchev–Trinajstić information content (AvgIpc) is 1.60. The summed E-state index contributed by atoms with van der Waals surface area (Å²) in [6.45, 7) is 5.67. The number of alkyl halides is 1. The van der Waals surface area contributed by atoms with E-state index in [-0.39, 0.29) is 5.41 Å². The molecule has 0 radical (unpaired) electrons. The van der Waals surface area contributed by atoms with Gasteiger partial charge in [-0.1, -0.05) is 13.8 Å². The van der Waals surface area contributed by atoms with E-state index >= 15 is 0 Å². The van der Waals surface area contributed by atoms with Crippen molar-refractivity contribution in [2.75, 3.05) is 13.1 Å². The minimum absolute atomic E-state index is 0.164. The third-order valence-electron chi connectivity index (χ3n) is 1.74. The molecule has 1 nitrogen and oxygen atoms in total. The first-order valence-electron chi connectivity index (χ1n) is 3.45. The lowest BCUT2D eigenvalue weighted by molar-refractivity contribution is 0.156. The van der Waals surface area contributed by atoms with E-state index in [1.54, 1.807) is 0 Å². The van der Waals surface area contributed by atoms with Gasteiger partial charge < -0.3 is 5.32 Å². The van der Waals surface area contributed by atoms with Gasteiger partial charge in [0, 0.05) is 13.1 Å². The molecule has 1 N–H and O–H groups in total. The summed E-state index contributed by atoms with van der Waals surface area (Å²) in [5.74, 6) is 0. The number of halogens is 1. The molecule has 0 saturated carbocycles. The van der Waals surface area contributed by atoms with Crippen LogP contribution in [0.1, 0.15) is 20.3 Å². The fourth-order valence-corrected chi connectivity index (χ4v) is 1.31. The first-order chi connectivity index (χ1) is 4.10. The molecule has 0 unspecified atom stereocenters. The Bertz CT molecular complexity index is 101. The highest BCUT2D eigenvalue weighted by Crippen LogP contribution is 2.25. The standard InChI is InChI=1S/C7H14FN/c1-7(2)3-6(8)4-9-5-7/h6,9H,3-5H2,1-2H3/t6-/m1/s1. The number of hydrogen-bond acceptors (Lipinski definition) is 1. The van der Waals surface area contributed by atoms with E-state index in [1.807, 2.05) is 0 Å². The summed E-state index contributed by atoms with van der Waals surface area (Å²) in [6, 6.07) is 0. The third-order valence-corrected chi connectivity index (χ3v) is 1.74. The molecule has 0 aromatic rings. The first-order valence-corrected chi connectivity index (χ1v) is 3.45. The van der Waals surface area contributed by atoms with Crippen molar-refractivity contribution in [2.45, 2.75) is 26.4 Å². The average molecular weight is 131 g/mol. The summed E-state index contributed by atoms with van der Waals surface area (Å²) in [5.41, 5.74) is 0.164. The lowest BCUT2D eigenvalue weighted by Gasteiger charge is -2.32. The van der Waals surface area contributed by atoms with Crippen molar-refractivity contribution in [3.8, 4) is 0 Å². The Morgan fingerprint density at radius 2 is 2.22 bits per heavy atom. The minimum Gasteiger partial charge on any atom is -0.313 e. The predicted octanol–water partition coefficient (Wildman–Crippen LogP) is 1.34. The maximum atomic E-state index is 12.6. The molecule has 1 heterocycles. The van der Waals surface area contributed by atoms with Gasteiger partial charge in [-0.2, -0.15) is 0 Å². The van der Waals surface area contributed by atoms with Crippen LogP contribution in [0.3, 0.4) is 0 Å². The number of nitrogens with one attached hydrogen (secondary N) is 1. The monoisotopic (exact) mass is 131 g/mol. The Labute approximate surface area is 55.6 Å². The van der Waals surface area contributed by atoms with E-state index in [0.717, 1.165) is 6.54 Å². The van der Waals surface area contributed by atoms with Gasteiger partial charge in [-0.25, -0.2) is 4.39 Å². The van der Waals surface area contributed by atoms with Crippen molar-refractivity contribution in [3.05, 3.63) is 0 Å². The molecule has 9 heavy (non-hydrogen) atoms. The van der Waals surface area contributed by atoms with Crippen molar-refractivity contribution in [1.29, 1.82) is 0 Å². The van der Waals surface area contributed by atoms with Gasteiger partial charge in [-0.15, -0.1) is 0 Å². The molecule has 0 amide bonds. The van der Waals surface area contributed by atoms with E-state index < -0.39 is 6.17 Å². The normalized spacial score (nSPS) is 34.3. The summed E-state index contributed by atoms with van der Waals surface area (Å²) in [4.78, 5) is 0. The molecule has 0 aromatic heterocycles. The van der Waals surface area contributed by atoms with Gasteiger partial charge >= 0.3 is 0 Å². The van der Waals surface area contributed by atoms with E-state index in [2.05, 4.69) is 19.2 Å². The summed E-state index contributed by atoms with van der Waals surface area (Å²) in [6.07, 6.45) is 0.0775. The van der Waals surface area contributed by atoms with Crippen LogP contribution in [0.5, 0.6) is 0 Å². The first kappa shape index (κ1) is 7.00. The van der Waals surface area contributed by atoms with Gasteiger partial charge in [0.2, 0.25) is 0 Å². The number of hydrogen-bond donors (Lipinski definition) is 1. The van der Waals surface area contributed by atoms with Gasteiger partial charge in [-0.05, 0) is 11.8 Å². The van der Waals surface area contributed by atoms with Crippen LogP contribution < -0.4 is 5.32 Å². The van der Waals surface area contributed by atoms with E-state index in [4.69, 9.17) is 0 Å². The maximum Gasteiger partial charge on any atom is 0.113 e. The molecular weight excluding hydrogens is 117 g/mol. The Balaban J connectivity index is 2.41. The molecule has 1 saturated heterocycles. The van der Waals surface area contributed by atoms with Crippen molar-refractivity contribution in [1.82, 2.24) is 5.32 Å². The smallest absolute Gasteiger partial charge is 0.113 e. The Hall–Kier alpha value is -0.110. The van der Waals surface area contributed by atoms with Crippen molar-refractivity contribution in [3.63, 3.8) is 0 Å². The van der Waals surface area contributed by atoms with Crippen LogP contribution >= 0.6 is 0 Å². The maximum absolute atomic E-state index is 12.6. The summed E-state index contributed by atoms with van der Waals surface area (Å²) < 4.78 is 12.6. The third kappa shape index (κ3) is 1.94.